The molecule has 0 N–H and O–H groups in total. The van der Waals surface area contributed by atoms with Crippen LogP contribution in [0.25, 0.3) is 0 Å². The third-order valence-corrected chi connectivity index (χ3v) is 3.72. The van der Waals surface area contributed by atoms with E-state index >= 15 is 0 Å². The third kappa shape index (κ3) is 3.73. The van der Waals surface area contributed by atoms with Crippen molar-refractivity contribution in [1.82, 2.24) is 0 Å². The van der Waals surface area contributed by atoms with Crippen LogP contribution in [0.2, 0.25) is 0 Å². The molecule has 0 bridgehead atoms. The molecule has 48 valence electrons. The van der Waals surface area contributed by atoms with Crippen molar-refractivity contribution in [2.24, 2.45) is 5.92 Å². The number of rotatable bonds is 3. The van der Waals surface area contributed by atoms with Gasteiger partial charge in [0, 0.05) is 0 Å². The molecule has 1 unspecified atom stereocenters. The zero-order valence-corrected chi connectivity index (χ0v) is 7.60. The molecule has 8 heavy (non-hydrogen) atoms. The van der Waals surface area contributed by atoms with Gasteiger partial charge in [0.1, 0.15) is 7.85 Å². The summed E-state index contributed by atoms with van der Waals surface area (Å²) in [4.78, 5) is 0. The van der Waals surface area contributed by atoms with Crippen LogP contribution >= 0.6 is 21.6 Å². The Bertz CT molecular complexity index is 56.4. The molecule has 1 atom stereocenters. The molecule has 0 saturated carbocycles. The molecule has 0 aliphatic carbocycles. The highest BCUT2D eigenvalue weighted by molar-refractivity contribution is 8.77. The van der Waals surface area contributed by atoms with Crippen molar-refractivity contribution in [3.8, 4) is 0 Å². The van der Waals surface area contributed by atoms with Gasteiger partial charge in [-0.05, 0) is 17.3 Å². The van der Waals surface area contributed by atoms with E-state index in [0.29, 0.717) is 0 Å². The van der Waals surface area contributed by atoms with Gasteiger partial charge in [-0.1, -0.05) is 35.4 Å². The van der Waals surface area contributed by atoms with Crippen LogP contribution in [-0.2, 0) is 0 Å². The van der Waals surface area contributed by atoms with E-state index in [1.54, 1.807) is 0 Å². The molecular weight excluding hydrogens is 135 g/mol. The second kappa shape index (κ2) is 4.63. The van der Waals surface area contributed by atoms with Gasteiger partial charge in [-0.3, -0.25) is 0 Å². The summed E-state index contributed by atoms with van der Waals surface area (Å²) < 4.78 is 0. The van der Waals surface area contributed by atoms with Crippen LogP contribution in [0.1, 0.15) is 13.8 Å². The summed E-state index contributed by atoms with van der Waals surface area (Å²) in [6.07, 6.45) is 2.13. The standard InChI is InChI=1S/C5H13BS2/c1-4(2)5(6)8-7-3/h4-5H,6H2,1-3H3. The monoisotopic (exact) mass is 148 g/mol. The van der Waals surface area contributed by atoms with Gasteiger partial charge in [-0.15, -0.1) is 0 Å². The van der Waals surface area contributed by atoms with Crippen molar-refractivity contribution in [3.63, 3.8) is 0 Å². The predicted molar refractivity (Wildman–Crippen MR) is 48.3 cm³/mol. The summed E-state index contributed by atoms with van der Waals surface area (Å²) >= 11 is 0. The molecule has 0 saturated heterocycles. The van der Waals surface area contributed by atoms with Gasteiger partial charge < -0.3 is 0 Å². The Kier molecular flexibility index (Phi) is 5.07. The first-order chi connectivity index (χ1) is 3.68. The van der Waals surface area contributed by atoms with E-state index in [1.807, 2.05) is 21.6 Å². The molecular formula is C5H13BS2. The first-order valence-corrected chi connectivity index (χ1v) is 5.50. The lowest BCUT2D eigenvalue weighted by Crippen LogP contribution is -2.08. The minimum Gasteiger partial charge on any atom is -0.0997 e. The molecule has 3 heteroatoms. The van der Waals surface area contributed by atoms with Crippen LogP contribution in [0, 0.1) is 5.92 Å². The van der Waals surface area contributed by atoms with Crippen LogP contribution in [0.15, 0.2) is 0 Å². The zero-order chi connectivity index (χ0) is 6.57. The number of hydrogen-bond donors (Lipinski definition) is 0. The largest absolute Gasteiger partial charge is 0.119 e. The molecule has 0 amide bonds. The Morgan fingerprint density at radius 1 is 1.38 bits per heavy atom. The third-order valence-electron chi connectivity index (χ3n) is 1.19. The van der Waals surface area contributed by atoms with Crippen molar-refractivity contribution in [3.05, 3.63) is 0 Å². The average molecular weight is 148 g/mol. The molecule has 0 aromatic carbocycles. The normalized spacial score (nSPS) is 14.5. The maximum absolute atomic E-state index is 2.27. The van der Waals surface area contributed by atoms with E-state index < -0.39 is 0 Å². The van der Waals surface area contributed by atoms with Crippen molar-refractivity contribution in [2.75, 3.05) is 6.26 Å². The summed E-state index contributed by atoms with van der Waals surface area (Å²) in [5.41, 5.74) is 0. The maximum Gasteiger partial charge on any atom is 0.119 e. The lowest BCUT2D eigenvalue weighted by atomic mass is 9.93. The van der Waals surface area contributed by atoms with Crippen LogP contribution in [0.4, 0.5) is 0 Å². The van der Waals surface area contributed by atoms with Gasteiger partial charge in [0.25, 0.3) is 0 Å². The van der Waals surface area contributed by atoms with Gasteiger partial charge in [0.15, 0.2) is 0 Å². The summed E-state index contributed by atoms with van der Waals surface area (Å²) in [6.45, 7) is 4.52. The second-order valence-corrected chi connectivity index (χ2v) is 5.06. The minimum atomic E-state index is 0.796. The van der Waals surface area contributed by atoms with E-state index in [2.05, 4.69) is 27.9 Å². The predicted octanol–water partition coefficient (Wildman–Crippen LogP) is 1.61. The van der Waals surface area contributed by atoms with Crippen LogP contribution in [0.3, 0.4) is 0 Å². The van der Waals surface area contributed by atoms with Gasteiger partial charge >= 0.3 is 0 Å². The quantitative estimate of drug-likeness (QED) is 0.440. The highest BCUT2D eigenvalue weighted by Crippen LogP contribution is 2.25. The first kappa shape index (κ1) is 8.76. The molecule has 0 aliphatic rings. The molecule has 0 rings (SSSR count). The zero-order valence-electron chi connectivity index (χ0n) is 5.97. The van der Waals surface area contributed by atoms with E-state index in [-0.39, 0.29) is 0 Å². The first-order valence-electron chi connectivity index (χ1n) is 2.88. The fourth-order valence-corrected chi connectivity index (χ4v) is 2.37. The molecule has 0 spiro atoms. The fourth-order valence-electron chi connectivity index (χ4n) is 0.263. The van der Waals surface area contributed by atoms with Crippen molar-refractivity contribution >= 4 is 29.4 Å². The van der Waals surface area contributed by atoms with Gasteiger partial charge in [-0.2, -0.15) is 0 Å². The molecule has 0 aliphatic heterocycles. The molecule has 0 aromatic heterocycles. The van der Waals surface area contributed by atoms with Crippen molar-refractivity contribution in [2.45, 2.75) is 19.0 Å². The van der Waals surface area contributed by atoms with Gasteiger partial charge in [-0.25, -0.2) is 0 Å². The number of hydrogen-bond acceptors (Lipinski definition) is 2. The second-order valence-electron chi connectivity index (χ2n) is 2.21. The molecule has 0 heterocycles. The minimum absolute atomic E-state index is 0.796. The van der Waals surface area contributed by atoms with E-state index in [9.17, 15) is 0 Å². The van der Waals surface area contributed by atoms with E-state index in [4.69, 9.17) is 0 Å². The Labute approximate surface area is 61.0 Å². The van der Waals surface area contributed by atoms with Crippen LogP contribution in [-0.4, -0.2) is 19.3 Å². The Hall–Kier alpha value is 0.765. The Morgan fingerprint density at radius 3 is 2.00 bits per heavy atom. The SMILES string of the molecule is BC(SSC)C(C)C. The highest BCUT2D eigenvalue weighted by Gasteiger charge is 2.04. The fraction of sp³-hybridized carbons (Fsp3) is 1.00. The van der Waals surface area contributed by atoms with Crippen molar-refractivity contribution < 1.29 is 0 Å². The smallest absolute Gasteiger partial charge is 0.0997 e. The van der Waals surface area contributed by atoms with Gasteiger partial charge in [0.2, 0.25) is 0 Å². The Balaban J connectivity index is 3.17. The Morgan fingerprint density at radius 2 is 1.88 bits per heavy atom. The van der Waals surface area contributed by atoms with E-state index in [0.717, 1.165) is 11.1 Å². The summed E-state index contributed by atoms with van der Waals surface area (Å²) in [6, 6.07) is 0. The molecule has 0 radical (unpaired) electrons. The van der Waals surface area contributed by atoms with Crippen LogP contribution in [0.5, 0.6) is 0 Å². The molecule has 0 nitrogen and oxygen atoms in total. The summed E-state index contributed by atoms with van der Waals surface area (Å²) in [5.74, 6) is 0.812. The lowest BCUT2D eigenvalue weighted by molar-refractivity contribution is 0.716. The summed E-state index contributed by atoms with van der Waals surface area (Å²) in [7, 11) is 6.08. The van der Waals surface area contributed by atoms with Crippen LogP contribution < -0.4 is 0 Å². The maximum atomic E-state index is 2.27. The summed E-state index contributed by atoms with van der Waals surface area (Å²) in [5, 5.41) is 0.796. The molecule has 0 fully saturated rings. The molecule has 0 aromatic rings. The van der Waals surface area contributed by atoms with E-state index in [1.165, 1.54) is 0 Å². The highest BCUT2D eigenvalue weighted by atomic mass is 33.1. The average Bonchev–Trinajstić information content (AvgIpc) is 1.67. The van der Waals surface area contributed by atoms with Crippen molar-refractivity contribution in [1.29, 1.82) is 0 Å². The topological polar surface area (TPSA) is 0 Å². The lowest BCUT2D eigenvalue weighted by Gasteiger charge is -2.11. The van der Waals surface area contributed by atoms with Gasteiger partial charge in [0.05, 0.1) is 0 Å².